The Bertz CT molecular complexity index is 1000. The Morgan fingerprint density at radius 1 is 1.07 bits per heavy atom. The number of carbonyl (C=O) groups is 1. The number of hydrogen-bond donors (Lipinski definition) is 1. The summed E-state index contributed by atoms with van der Waals surface area (Å²) in [4.78, 5) is 13.2. The molecule has 0 saturated carbocycles. The van der Waals surface area contributed by atoms with E-state index in [0.717, 1.165) is 11.1 Å². The van der Waals surface area contributed by atoms with Crippen LogP contribution < -0.4 is 4.74 Å². The number of Topliss-reactive ketones (excluding diaryl/α,β-unsaturated/α-hetero) is 1. The molecule has 0 unspecified atom stereocenters. The fourth-order valence-corrected chi connectivity index (χ4v) is 3.93. The summed E-state index contributed by atoms with van der Waals surface area (Å²) in [6.07, 6.45) is 0.710. The van der Waals surface area contributed by atoms with E-state index in [2.05, 4.69) is 0 Å². The minimum absolute atomic E-state index is 0.0589. The van der Waals surface area contributed by atoms with Crippen LogP contribution in [0.3, 0.4) is 0 Å². The van der Waals surface area contributed by atoms with Crippen LogP contribution in [0.15, 0.2) is 42.2 Å². The van der Waals surface area contributed by atoms with Crippen LogP contribution in [0.25, 0.3) is 5.57 Å². The predicted octanol–water partition coefficient (Wildman–Crippen LogP) is 6.43. The largest absolute Gasteiger partial charge is 0.508 e. The van der Waals surface area contributed by atoms with E-state index in [-0.39, 0.29) is 11.5 Å². The molecule has 5 heteroatoms. The summed E-state index contributed by atoms with van der Waals surface area (Å²) in [5.41, 5.74) is 0.810. The van der Waals surface area contributed by atoms with Crippen LogP contribution in [-0.2, 0) is 16.0 Å². The molecule has 29 heavy (non-hydrogen) atoms. The molecule has 0 amide bonds. The van der Waals surface area contributed by atoms with Gasteiger partial charge in [0.1, 0.15) is 28.5 Å². The van der Waals surface area contributed by atoms with E-state index in [1.54, 1.807) is 33.8 Å². The molecule has 0 fully saturated rings. The van der Waals surface area contributed by atoms with Crippen LogP contribution in [-0.4, -0.2) is 22.1 Å². The van der Waals surface area contributed by atoms with Gasteiger partial charge in [-0.25, -0.2) is 0 Å². The summed E-state index contributed by atoms with van der Waals surface area (Å²) in [6.45, 7) is 10.9. The molecule has 2 aromatic rings. The van der Waals surface area contributed by atoms with E-state index < -0.39 is 11.2 Å². The second kappa shape index (κ2) is 7.51. The van der Waals surface area contributed by atoms with E-state index in [1.807, 2.05) is 44.2 Å². The lowest BCUT2D eigenvalue weighted by molar-refractivity contribution is -0.158. The maximum absolute atomic E-state index is 13.2. The summed E-state index contributed by atoms with van der Waals surface area (Å²) in [6, 6.07) is 11.0. The Labute approximate surface area is 177 Å². The molecular weight excluding hydrogens is 388 g/mol. The van der Waals surface area contributed by atoms with E-state index in [4.69, 9.17) is 21.1 Å². The molecule has 1 aliphatic heterocycles. The van der Waals surface area contributed by atoms with Crippen LogP contribution in [0.4, 0.5) is 0 Å². The van der Waals surface area contributed by atoms with Gasteiger partial charge in [-0.05, 0) is 88.1 Å². The van der Waals surface area contributed by atoms with Gasteiger partial charge in [0.15, 0.2) is 5.78 Å². The molecule has 0 saturated heterocycles. The molecule has 0 aromatic heterocycles. The number of carbonyl (C=O) groups excluding carboxylic acids is 1. The topological polar surface area (TPSA) is 55.8 Å². The maximum Gasteiger partial charge on any atom is 0.198 e. The van der Waals surface area contributed by atoms with Crippen molar-refractivity contribution in [3.63, 3.8) is 0 Å². The van der Waals surface area contributed by atoms with Crippen molar-refractivity contribution in [3.05, 3.63) is 63.9 Å². The quantitative estimate of drug-likeness (QED) is 0.626. The van der Waals surface area contributed by atoms with Crippen molar-refractivity contribution in [1.29, 1.82) is 0 Å². The first-order valence-corrected chi connectivity index (χ1v) is 10.1. The molecule has 4 nitrogen and oxygen atoms in total. The number of aliphatic hydroxyl groups excluding tert-OH is 1. The van der Waals surface area contributed by atoms with E-state index in [0.29, 0.717) is 34.1 Å². The van der Waals surface area contributed by atoms with Gasteiger partial charge in [-0.3, -0.25) is 4.79 Å². The molecule has 0 bridgehead atoms. The van der Waals surface area contributed by atoms with Gasteiger partial charge in [-0.15, -0.1) is 0 Å². The number of aryl methyl sites for hydroxylation is 2. The third-order valence-electron chi connectivity index (χ3n) is 5.19. The van der Waals surface area contributed by atoms with Crippen molar-refractivity contribution in [2.75, 3.05) is 0 Å². The average Bonchev–Trinajstić information content (AvgIpc) is 2.62. The highest BCUT2D eigenvalue weighted by molar-refractivity contribution is 6.30. The SMILES string of the molecule is CCc1ccc(Oc2ccc(Cl)cc2C)cc1C1=C(O)C(C)(C)OC(C)(C)C1=O. The van der Waals surface area contributed by atoms with Gasteiger partial charge >= 0.3 is 0 Å². The number of benzene rings is 2. The molecule has 3 rings (SSSR count). The minimum Gasteiger partial charge on any atom is -0.508 e. The molecule has 2 aromatic carbocycles. The Morgan fingerprint density at radius 3 is 2.38 bits per heavy atom. The normalized spacial score (nSPS) is 18.1. The highest BCUT2D eigenvalue weighted by Gasteiger charge is 2.47. The zero-order chi connectivity index (χ0) is 21.6. The van der Waals surface area contributed by atoms with Gasteiger partial charge in [0.25, 0.3) is 0 Å². The zero-order valence-electron chi connectivity index (χ0n) is 17.7. The Balaban J connectivity index is 2.13. The highest BCUT2D eigenvalue weighted by atomic mass is 35.5. The van der Waals surface area contributed by atoms with Crippen LogP contribution in [0.2, 0.25) is 5.02 Å². The third-order valence-corrected chi connectivity index (χ3v) is 5.42. The van der Waals surface area contributed by atoms with Gasteiger partial charge in [-0.1, -0.05) is 24.6 Å². The van der Waals surface area contributed by atoms with Crippen molar-refractivity contribution in [2.45, 2.75) is 59.2 Å². The fourth-order valence-electron chi connectivity index (χ4n) is 3.71. The van der Waals surface area contributed by atoms with Gasteiger partial charge in [-0.2, -0.15) is 0 Å². The Morgan fingerprint density at radius 2 is 1.76 bits per heavy atom. The van der Waals surface area contributed by atoms with Gasteiger partial charge < -0.3 is 14.6 Å². The standard InChI is InChI=1S/C24H27ClO4/c1-7-15-8-10-17(28-19-11-9-16(25)12-14(19)2)13-18(15)20-21(26)23(3,4)29-24(5,6)22(20)27/h8-13,26H,7H2,1-6H3. The fraction of sp³-hybridized carbons (Fsp3) is 0.375. The van der Waals surface area contributed by atoms with Gasteiger partial charge in [0, 0.05) is 5.02 Å². The second-order valence-corrected chi connectivity index (χ2v) is 8.80. The monoisotopic (exact) mass is 414 g/mol. The van der Waals surface area contributed by atoms with Crippen molar-refractivity contribution in [1.82, 2.24) is 0 Å². The Hall–Kier alpha value is -2.30. The molecule has 1 heterocycles. The van der Waals surface area contributed by atoms with Crippen molar-refractivity contribution in [3.8, 4) is 11.5 Å². The first-order chi connectivity index (χ1) is 13.5. The van der Waals surface area contributed by atoms with Crippen LogP contribution in [0, 0.1) is 6.92 Å². The summed E-state index contributed by atoms with van der Waals surface area (Å²) in [5.74, 6) is 0.958. The number of rotatable bonds is 4. The predicted molar refractivity (Wildman–Crippen MR) is 116 cm³/mol. The van der Waals surface area contributed by atoms with Crippen molar-refractivity contribution in [2.24, 2.45) is 0 Å². The molecule has 1 N–H and O–H groups in total. The van der Waals surface area contributed by atoms with Crippen LogP contribution >= 0.6 is 11.6 Å². The van der Waals surface area contributed by atoms with Gasteiger partial charge in [0.2, 0.25) is 0 Å². The lowest BCUT2D eigenvalue weighted by Gasteiger charge is -2.40. The molecule has 1 aliphatic rings. The first-order valence-electron chi connectivity index (χ1n) is 9.72. The summed E-state index contributed by atoms with van der Waals surface area (Å²) < 4.78 is 11.9. The van der Waals surface area contributed by atoms with Crippen LogP contribution in [0.1, 0.15) is 51.3 Å². The summed E-state index contributed by atoms with van der Waals surface area (Å²) >= 11 is 6.03. The average molecular weight is 415 g/mol. The van der Waals surface area contributed by atoms with Crippen molar-refractivity contribution < 1.29 is 19.4 Å². The van der Waals surface area contributed by atoms with Crippen LogP contribution in [0.5, 0.6) is 11.5 Å². The highest BCUT2D eigenvalue weighted by Crippen LogP contribution is 2.42. The third kappa shape index (κ3) is 4.05. The molecule has 0 spiro atoms. The number of halogens is 1. The number of ketones is 1. The summed E-state index contributed by atoms with van der Waals surface area (Å²) in [5, 5.41) is 11.5. The zero-order valence-corrected chi connectivity index (χ0v) is 18.5. The van der Waals surface area contributed by atoms with Gasteiger partial charge in [0.05, 0.1) is 5.57 Å². The number of ether oxygens (including phenoxy) is 2. The molecular formula is C24H27ClO4. The van der Waals surface area contributed by atoms with E-state index >= 15 is 0 Å². The lowest BCUT2D eigenvalue weighted by Crippen LogP contribution is -2.49. The van der Waals surface area contributed by atoms with Crippen molar-refractivity contribution >= 4 is 23.0 Å². The first kappa shape index (κ1) is 21.4. The maximum atomic E-state index is 13.2. The number of hydrogen-bond acceptors (Lipinski definition) is 4. The Kier molecular flexibility index (Phi) is 5.54. The second-order valence-electron chi connectivity index (χ2n) is 8.36. The van der Waals surface area contributed by atoms with E-state index in [1.165, 1.54) is 0 Å². The lowest BCUT2D eigenvalue weighted by atomic mass is 9.81. The summed E-state index contributed by atoms with van der Waals surface area (Å²) in [7, 11) is 0. The minimum atomic E-state index is -1.04. The molecule has 154 valence electrons. The number of aliphatic hydroxyl groups is 1. The smallest absolute Gasteiger partial charge is 0.198 e. The van der Waals surface area contributed by atoms with E-state index in [9.17, 15) is 9.90 Å². The molecule has 0 radical (unpaired) electrons. The molecule has 0 aliphatic carbocycles. The molecule has 0 atom stereocenters.